The van der Waals surface area contributed by atoms with E-state index in [1.54, 1.807) is 0 Å². The average molecular weight is 235 g/mol. The summed E-state index contributed by atoms with van der Waals surface area (Å²) in [4.78, 5) is 0. The molecule has 15 heavy (non-hydrogen) atoms. The first-order valence-corrected chi connectivity index (χ1v) is 5.46. The number of primary sulfonamides is 1. The van der Waals surface area contributed by atoms with Crippen LogP contribution in [0.25, 0.3) is 0 Å². The van der Waals surface area contributed by atoms with Gasteiger partial charge in [0.15, 0.2) is 0 Å². The van der Waals surface area contributed by atoms with Crippen LogP contribution in [0.5, 0.6) is 0 Å². The molecule has 0 spiro atoms. The molecule has 3 N–H and O–H groups in total. The third kappa shape index (κ3) is 3.44. The quantitative estimate of drug-likeness (QED) is 0.733. The first-order valence-electron chi connectivity index (χ1n) is 3.74. The molecule has 0 atom stereocenters. The maximum atomic E-state index is 13.0. The Balaban J connectivity index is 3.11. The van der Waals surface area contributed by atoms with Gasteiger partial charge < -0.3 is 10.4 Å². The van der Waals surface area contributed by atoms with Crippen molar-refractivity contribution in [2.45, 2.75) is 5.75 Å². The highest BCUT2D eigenvalue weighted by Crippen LogP contribution is 2.18. The summed E-state index contributed by atoms with van der Waals surface area (Å²) in [6.07, 6.45) is 0. The predicted octanol–water partition coefficient (Wildman–Crippen LogP) is 0.308. The summed E-state index contributed by atoms with van der Waals surface area (Å²) in [5.41, 5.74) is -0.542. The highest BCUT2D eigenvalue weighted by Gasteiger charge is 2.10. The van der Waals surface area contributed by atoms with Crippen molar-refractivity contribution in [2.75, 3.05) is 5.23 Å². The summed E-state index contributed by atoms with van der Waals surface area (Å²) >= 11 is 0. The number of hydrogen-bond donors (Lipinski definition) is 2. The number of sulfonamides is 1. The molecule has 0 saturated heterocycles. The number of benzene rings is 1. The molecule has 8 heteroatoms. The molecule has 0 aliphatic heterocycles. The number of hydrogen-bond acceptors (Lipinski definition) is 5. The summed E-state index contributed by atoms with van der Waals surface area (Å²) in [7, 11) is -3.88. The van der Waals surface area contributed by atoms with Crippen molar-refractivity contribution in [1.29, 1.82) is 0 Å². The zero-order valence-electron chi connectivity index (χ0n) is 7.42. The summed E-state index contributed by atoms with van der Waals surface area (Å²) in [6.45, 7) is 0. The lowest BCUT2D eigenvalue weighted by atomic mass is 10.2. The van der Waals surface area contributed by atoms with Crippen molar-refractivity contribution >= 4 is 15.7 Å². The van der Waals surface area contributed by atoms with E-state index >= 15 is 0 Å². The molecule has 0 aromatic heterocycles. The second-order valence-electron chi connectivity index (χ2n) is 2.86. The van der Waals surface area contributed by atoms with Crippen LogP contribution in [0.3, 0.4) is 0 Å². The van der Waals surface area contributed by atoms with E-state index in [0.29, 0.717) is 0 Å². The number of nitrogens with zero attached hydrogens (tertiary/aromatic N) is 1. The summed E-state index contributed by atoms with van der Waals surface area (Å²) in [5.74, 6) is -1.55. The van der Waals surface area contributed by atoms with Crippen molar-refractivity contribution in [3.63, 3.8) is 0 Å². The molecule has 0 aliphatic rings. The van der Waals surface area contributed by atoms with Gasteiger partial charge in [0.2, 0.25) is 10.0 Å². The molecule has 1 aromatic carbocycles. The molecule has 0 aliphatic carbocycles. The van der Waals surface area contributed by atoms with Gasteiger partial charge in [0.05, 0.1) is 11.4 Å². The number of anilines is 1. The van der Waals surface area contributed by atoms with E-state index in [9.17, 15) is 18.0 Å². The lowest BCUT2D eigenvalue weighted by Gasteiger charge is -2.22. The summed E-state index contributed by atoms with van der Waals surface area (Å²) in [6, 6.07) is 2.79. The first kappa shape index (κ1) is 11.9. The largest absolute Gasteiger partial charge is 0.733 e. The Morgan fingerprint density at radius 2 is 2.13 bits per heavy atom. The van der Waals surface area contributed by atoms with E-state index in [1.807, 2.05) is 0 Å². The lowest BCUT2D eigenvalue weighted by Crippen LogP contribution is -2.16. The number of rotatable bonds is 3. The van der Waals surface area contributed by atoms with Crippen molar-refractivity contribution in [3.05, 3.63) is 34.8 Å². The van der Waals surface area contributed by atoms with Crippen LogP contribution >= 0.6 is 0 Å². The standard InChI is InChI=1S/C7H8FN2O4S/c8-7-2-1-6(10(11)12)3-5(7)4-15(9,13)14/h1-3,11H,4H2,(H2,9,13,14)/q-1. The average Bonchev–Trinajstić information content (AvgIpc) is 2.06. The monoisotopic (exact) mass is 235 g/mol. The van der Waals surface area contributed by atoms with Gasteiger partial charge in [-0.15, -0.1) is 0 Å². The van der Waals surface area contributed by atoms with Gasteiger partial charge in [-0.3, -0.25) is 5.21 Å². The maximum absolute atomic E-state index is 13.0. The van der Waals surface area contributed by atoms with Gasteiger partial charge in [-0.2, -0.15) is 0 Å². The fourth-order valence-electron chi connectivity index (χ4n) is 1.01. The van der Waals surface area contributed by atoms with Gasteiger partial charge in [-0.05, 0) is 18.2 Å². The van der Waals surface area contributed by atoms with Crippen LogP contribution in [0.4, 0.5) is 10.1 Å². The highest BCUT2D eigenvalue weighted by atomic mass is 32.2. The second-order valence-corrected chi connectivity index (χ2v) is 4.47. The van der Waals surface area contributed by atoms with Crippen LogP contribution in [-0.2, 0) is 15.8 Å². The molecule has 0 fully saturated rings. The Hall–Kier alpha value is -1.22. The molecular weight excluding hydrogens is 227 g/mol. The molecule has 0 radical (unpaired) electrons. The van der Waals surface area contributed by atoms with E-state index in [0.717, 1.165) is 18.2 Å². The fraction of sp³-hybridized carbons (Fsp3) is 0.143. The zero-order valence-corrected chi connectivity index (χ0v) is 8.24. The Bertz CT molecular complexity index is 460. The minimum Gasteiger partial charge on any atom is -0.733 e. The van der Waals surface area contributed by atoms with Gasteiger partial charge in [0.1, 0.15) is 5.82 Å². The van der Waals surface area contributed by atoms with Gasteiger partial charge in [-0.1, -0.05) is 0 Å². The normalized spacial score (nSPS) is 11.5. The summed E-state index contributed by atoms with van der Waals surface area (Å²) in [5, 5.41) is 23.2. The SMILES string of the molecule is NS(=O)(=O)Cc1cc(N([O-])O)ccc1F. The molecule has 1 rings (SSSR count). The van der Waals surface area contributed by atoms with E-state index in [1.165, 1.54) is 0 Å². The molecule has 0 saturated carbocycles. The van der Waals surface area contributed by atoms with Crippen molar-refractivity contribution in [3.8, 4) is 0 Å². The Labute approximate surface area is 85.3 Å². The molecule has 0 amide bonds. The van der Waals surface area contributed by atoms with E-state index in [-0.39, 0.29) is 11.3 Å². The molecular formula is C7H8FN2O4S-. The van der Waals surface area contributed by atoms with Gasteiger partial charge >= 0.3 is 0 Å². The van der Waals surface area contributed by atoms with E-state index < -0.39 is 26.8 Å². The minimum atomic E-state index is -3.88. The Kier molecular flexibility index (Phi) is 3.25. The van der Waals surface area contributed by atoms with Gasteiger partial charge in [0, 0.05) is 5.56 Å². The third-order valence-electron chi connectivity index (χ3n) is 1.61. The molecule has 6 nitrogen and oxygen atoms in total. The van der Waals surface area contributed by atoms with Gasteiger partial charge in [0.25, 0.3) is 0 Å². The molecule has 0 unspecified atom stereocenters. The van der Waals surface area contributed by atoms with Crippen LogP contribution in [0, 0.1) is 11.0 Å². The summed E-state index contributed by atoms with van der Waals surface area (Å²) < 4.78 is 34.4. The fourth-order valence-corrected chi connectivity index (χ4v) is 1.66. The van der Waals surface area contributed by atoms with Gasteiger partial charge in [-0.25, -0.2) is 17.9 Å². The van der Waals surface area contributed by atoms with E-state index in [4.69, 9.17) is 10.3 Å². The smallest absolute Gasteiger partial charge is 0.213 e. The molecule has 0 bridgehead atoms. The minimum absolute atomic E-state index is 0.268. The van der Waals surface area contributed by atoms with Crippen molar-refractivity contribution in [2.24, 2.45) is 5.14 Å². The van der Waals surface area contributed by atoms with Crippen LogP contribution in [0.15, 0.2) is 18.2 Å². The second kappa shape index (κ2) is 4.11. The Morgan fingerprint density at radius 3 is 2.60 bits per heavy atom. The molecule has 84 valence electrons. The van der Waals surface area contributed by atoms with Crippen LogP contribution < -0.4 is 10.4 Å². The van der Waals surface area contributed by atoms with Crippen LogP contribution in [0.2, 0.25) is 0 Å². The van der Waals surface area contributed by atoms with Crippen molar-refractivity contribution < 1.29 is 18.0 Å². The molecule has 0 heterocycles. The topological polar surface area (TPSA) is 107 Å². The van der Waals surface area contributed by atoms with Crippen LogP contribution in [0.1, 0.15) is 5.56 Å². The zero-order chi connectivity index (χ0) is 11.6. The maximum Gasteiger partial charge on any atom is 0.213 e. The highest BCUT2D eigenvalue weighted by molar-refractivity contribution is 7.88. The van der Waals surface area contributed by atoms with Crippen molar-refractivity contribution in [1.82, 2.24) is 0 Å². The van der Waals surface area contributed by atoms with Crippen LogP contribution in [-0.4, -0.2) is 13.6 Å². The number of halogens is 1. The lowest BCUT2D eigenvalue weighted by molar-refractivity contribution is 0.296. The first-order chi connectivity index (χ1) is 6.79. The molecule has 1 aromatic rings. The number of nitrogens with two attached hydrogens (primary N) is 1. The van der Waals surface area contributed by atoms with E-state index in [2.05, 4.69) is 0 Å². The third-order valence-corrected chi connectivity index (χ3v) is 2.32. The predicted molar refractivity (Wildman–Crippen MR) is 50.8 cm³/mol. The Morgan fingerprint density at radius 1 is 1.53 bits per heavy atom.